The molecule has 0 atom stereocenters. The van der Waals surface area contributed by atoms with Crippen molar-refractivity contribution in [2.45, 2.75) is 0 Å². The van der Waals surface area contributed by atoms with Crippen LogP contribution in [0.2, 0.25) is 0 Å². The number of carbonyl (C=O) groups excluding carboxylic acids is 1. The second-order valence-electron chi connectivity index (χ2n) is 1.91. The Morgan fingerprint density at radius 3 is 2.33 bits per heavy atom. The Balaban J connectivity index is 0.000000217. The zero-order chi connectivity index (χ0) is 9.61. The molecule has 0 aromatic rings. The molecule has 0 fully saturated rings. The summed E-state index contributed by atoms with van der Waals surface area (Å²) >= 11 is 0. The highest BCUT2D eigenvalue weighted by Gasteiger charge is 1.99. The van der Waals surface area contributed by atoms with Crippen LogP contribution in [0.5, 0.6) is 0 Å². The summed E-state index contributed by atoms with van der Waals surface area (Å²) in [6.07, 6.45) is 3.63. The Morgan fingerprint density at radius 2 is 2.17 bits per heavy atom. The number of hydrogen-bond donors (Lipinski definition) is 2. The monoisotopic (exact) mass is 195 g/mol. The minimum Gasteiger partial charge on any atom is -0.490 e. The molecule has 0 aromatic heterocycles. The van der Waals surface area contributed by atoms with Crippen LogP contribution < -0.4 is 5.32 Å². The van der Waals surface area contributed by atoms with Crippen molar-refractivity contribution in [2.75, 3.05) is 12.9 Å². The molecule has 0 bridgehead atoms. The lowest BCUT2D eigenvalue weighted by Gasteiger charge is -2.03. The van der Waals surface area contributed by atoms with Gasteiger partial charge in [-0.3, -0.25) is 9.35 Å². The predicted octanol–water partition coefficient (Wildman–Crippen LogP) is -0.892. The molecule has 1 amide bonds. The Morgan fingerprint density at radius 1 is 1.67 bits per heavy atom. The minimum absolute atomic E-state index is 0.0949. The van der Waals surface area contributed by atoms with E-state index in [9.17, 15) is 13.2 Å². The number of hydrogen-bond acceptors (Lipinski definition) is 4. The molecule has 0 unspecified atom stereocenters. The van der Waals surface area contributed by atoms with Crippen molar-refractivity contribution in [3.8, 4) is 0 Å². The molecule has 12 heavy (non-hydrogen) atoms. The average molecular weight is 195 g/mol. The maximum Gasteiger partial charge on any atom is 0.261 e. The molecule has 1 heterocycles. The maximum atomic E-state index is 10.2. The smallest absolute Gasteiger partial charge is 0.261 e. The lowest BCUT2D eigenvalue weighted by atomic mass is 10.6. The van der Waals surface area contributed by atoms with E-state index in [0.717, 1.165) is 0 Å². The largest absolute Gasteiger partial charge is 0.490 e. The van der Waals surface area contributed by atoms with Gasteiger partial charge in [0, 0.05) is 6.20 Å². The summed E-state index contributed by atoms with van der Waals surface area (Å²) in [5.41, 5.74) is 0. The van der Waals surface area contributed by atoms with E-state index < -0.39 is 10.1 Å². The topological polar surface area (TPSA) is 92.7 Å². The van der Waals surface area contributed by atoms with Crippen LogP contribution in [0, 0.1) is 0 Å². The zero-order valence-electron chi connectivity index (χ0n) is 6.35. The van der Waals surface area contributed by atoms with E-state index in [-0.39, 0.29) is 12.5 Å². The highest BCUT2D eigenvalue weighted by atomic mass is 32.2. The fourth-order valence-electron chi connectivity index (χ4n) is 0.341. The van der Waals surface area contributed by atoms with Gasteiger partial charge in [0.1, 0.15) is 0 Å². The molecule has 0 saturated heterocycles. The van der Waals surface area contributed by atoms with Gasteiger partial charge in [-0.05, 0) is 0 Å². The SMILES string of the molecule is CS(=O)(=O)O.O=C1COC=CN1. The molecule has 1 aliphatic rings. The van der Waals surface area contributed by atoms with Gasteiger partial charge in [-0.15, -0.1) is 0 Å². The van der Waals surface area contributed by atoms with Crippen LogP contribution in [0.1, 0.15) is 0 Å². The van der Waals surface area contributed by atoms with Gasteiger partial charge in [-0.1, -0.05) is 0 Å². The molecular weight excluding hydrogens is 186 g/mol. The van der Waals surface area contributed by atoms with Gasteiger partial charge >= 0.3 is 0 Å². The molecule has 1 rings (SSSR count). The average Bonchev–Trinajstić information content (AvgIpc) is 1.85. The van der Waals surface area contributed by atoms with Crippen molar-refractivity contribution >= 4 is 16.0 Å². The first-order valence-corrected chi connectivity index (χ1v) is 4.73. The molecule has 6 nitrogen and oxygen atoms in total. The van der Waals surface area contributed by atoms with Crippen LogP contribution in [0.25, 0.3) is 0 Å². The van der Waals surface area contributed by atoms with Gasteiger partial charge in [-0.2, -0.15) is 8.42 Å². The van der Waals surface area contributed by atoms with Crippen LogP contribution in [0.4, 0.5) is 0 Å². The normalized spacial score (nSPS) is 15.3. The summed E-state index contributed by atoms with van der Waals surface area (Å²) in [7, 11) is -3.67. The van der Waals surface area contributed by atoms with Gasteiger partial charge in [0.05, 0.1) is 12.5 Å². The van der Waals surface area contributed by atoms with Crippen LogP contribution in [0.15, 0.2) is 12.5 Å². The first-order chi connectivity index (χ1) is 5.39. The quantitative estimate of drug-likeness (QED) is 0.489. The van der Waals surface area contributed by atoms with Crippen molar-refractivity contribution in [3.05, 3.63) is 12.5 Å². The highest BCUT2D eigenvalue weighted by molar-refractivity contribution is 7.85. The van der Waals surface area contributed by atoms with Crippen LogP contribution >= 0.6 is 0 Å². The predicted molar refractivity (Wildman–Crippen MR) is 40.7 cm³/mol. The van der Waals surface area contributed by atoms with Crippen LogP contribution in [-0.2, 0) is 19.6 Å². The third-order valence-corrected chi connectivity index (χ3v) is 0.623. The van der Waals surface area contributed by atoms with Gasteiger partial charge in [0.15, 0.2) is 6.61 Å². The van der Waals surface area contributed by atoms with Crippen LogP contribution in [-0.4, -0.2) is 31.7 Å². The van der Waals surface area contributed by atoms with E-state index in [2.05, 4.69) is 10.1 Å². The fraction of sp³-hybridized carbons (Fsp3) is 0.400. The molecule has 0 aliphatic carbocycles. The number of ether oxygens (including phenoxy) is 1. The Kier molecular flexibility index (Phi) is 4.30. The van der Waals surface area contributed by atoms with Crippen molar-refractivity contribution < 1.29 is 22.5 Å². The molecule has 70 valence electrons. The molecular formula is C5H9NO5S. The summed E-state index contributed by atoms with van der Waals surface area (Å²) in [4.78, 5) is 10.2. The van der Waals surface area contributed by atoms with Crippen molar-refractivity contribution in [1.82, 2.24) is 5.32 Å². The Bertz CT molecular complexity index is 260. The molecule has 1 aliphatic heterocycles. The lowest BCUT2D eigenvalue weighted by molar-refractivity contribution is -0.124. The van der Waals surface area contributed by atoms with Crippen molar-refractivity contribution in [1.29, 1.82) is 0 Å². The summed E-state index contributed by atoms with van der Waals surface area (Å²) in [6, 6.07) is 0. The Labute approximate surface area is 70.0 Å². The second-order valence-corrected chi connectivity index (χ2v) is 3.38. The van der Waals surface area contributed by atoms with Gasteiger partial charge in [0.2, 0.25) is 0 Å². The fourth-order valence-corrected chi connectivity index (χ4v) is 0.341. The van der Waals surface area contributed by atoms with Gasteiger partial charge in [-0.25, -0.2) is 0 Å². The molecule has 7 heteroatoms. The molecule has 2 N–H and O–H groups in total. The Hall–Kier alpha value is -1.08. The minimum atomic E-state index is -3.67. The summed E-state index contributed by atoms with van der Waals surface area (Å²) in [5, 5.41) is 2.44. The van der Waals surface area contributed by atoms with E-state index in [1.165, 1.54) is 12.5 Å². The van der Waals surface area contributed by atoms with Gasteiger partial charge in [0.25, 0.3) is 16.0 Å². The van der Waals surface area contributed by atoms with Crippen molar-refractivity contribution in [2.24, 2.45) is 0 Å². The van der Waals surface area contributed by atoms with Gasteiger partial charge < -0.3 is 10.1 Å². The lowest BCUT2D eigenvalue weighted by Crippen LogP contribution is -2.24. The van der Waals surface area contributed by atoms with E-state index in [0.29, 0.717) is 6.26 Å². The van der Waals surface area contributed by atoms with Crippen LogP contribution in [0.3, 0.4) is 0 Å². The number of rotatable bonds is 0. The van der Waals surface area contributed by atoms with E-state index in [4.69, 9.17) is 4.55 Å². The second kappa shape index (κ2) is 4.73. The number of carbonyl (C=O) groups is 1. The zero-order valence-corrected chi connectivity index (χ0v) is 7.17. The molecule has 0 radical (unpaired) electrons. The third-order valence-electron chi connectivity index (χ3n) is 0.623. The van der Waals surface area contributed by atoms with Crippen molar-refractivity contribution in [3.63, 3.8) is 0 Å². The highest BCUT2D eigenvalue weighted by Crippen LogP contribution is 1.81. The maximum absolute atomic E-state index is 10.2. The molecule has 0 spiro atoms. The molecule has 0 aromatic carbocycles. The van der Waals surface area contributed by atoms with E-state index >= 15 is 0 Å². The van der Waals surface area contributed by atoms with E-state index in [1.54, 1.807) is 0 Å². The molecule has 0 saturated carbocycles. The number of amides is 1. The first-order valence-electron chi connectivity index (χ1n) is 2.88. The number of nitrogens with one attached hydrogen (secondary N) is 1. The summed E-state index contributed by atoms with van der Waals surface area (Å²) in [5.74, 6) is -0.0949. The van der Waals surface area contributed by atoms with E-state index in [1.807, 2.05) is 0 Å². The summed E-state index contributed by atoms with van der Waals surface area (Å²) < 4.78 is 30.5. The first kappa shape index (κ1) is 10.9. The summed E-state index contributed by atoms with van der Waals surface area (Å²) in [6.45, 7) is 0.149. The third kappa shape index (κ3) is 11.7. The standard InChI is InChI=1S/C4H5NO2.CH4O3S/c6-4-3-7-2-1-5-4;1-5(2,3)4/h1-2H,3H2,(H,5,6);1H3,(H,2,3,4).